The minimum Gasteiger partial charge on any atom is -0.449 e. The maximum Gasteiger partial charge on any atom is 0.339 e. The number of carbonyl (C=O) groups is 2. The first-order valence-corrected chi connectivity index (χ1v) is 9.40. The van der Waals surface area contributed by atoms with Gasteiger partial charge in [-0.3, -0.25) is 9.78 Å². The lowest BCUT2D eigenvalue weighted by atomic mass is 9.84. The van der Waals surface area contributed by atoms with E-state index < -0.39 is 12.1 Å². The summed E-state index contributed by atoms with van der Waals surface area (Å²) in [6.07, 6.45) is 2.77. The summed E-state index contributed by atoms with van der Waals surface area (Å²) in [5, 5.41) is 3.56. The molecule has 1 aromatic carbocycles. The summed E-state index contributed by atoms with van der Waals surface area (Å²) in [6, 6.07) is 7.64. The second kappa shape index (κ2) is 7.85. The number of rotatable bonds is 5. The maximum atomic E-state index is 13.0. The highest BCUT2D eigenvalue weighted by molar-refractivity contribution is 6.05. The van der Waals surface area contributed by atoms with Crippen molar-refractivity contribution in [3.8, 4) is 0 Å². The normalized spacial score (nSPS) is 17.4. The average Bonchev–Trinajstić information content (AvgIpc) is 2.63. The molecule has 0 aliphatic heterocycles. The third-order valence-corrected chi connectivity index (χ3v) is 4.91. The largest absolute Gasteiger partial charge is 0.449 e. The van der Waals surface area contributed by atoms with Gasteiger partial charge in [0.1, 0.15) is 0 Å². The Morgan fingerprint density at radius 1 is 1.35 bits per heavy atom. The van der Waals surface area contributed by atoms with Crippen LogP contribution in [0, 0.1) is 5.92 Å². The smallest absolute Gasteiger partial charge is 0.339 e. The van der Waals surface area contributed by atoms with E-state index in [1.807, 2.05) is 31.2 Å². The van der Waals surface area contributed by atoms with Gasteiger partial charge in [-0.25, -0.2) is 4.79 Å². The highest BCUT2D eigenvalue weighted by Crippen LogP contribution is 2.32. The van der Waals surface area contributed by atoms with Gasteiger partial charge >= 0.3 is 5.97 Å². The van der Waals surface area contributed by atoms with E-state index in [0.29, 0.717) is 18.0 Å². The highest BCUT2D eigenvalue weighted by Gasteiger charge is 2.28. The Hall–Kier alpha value is -2.43. The molecule has 26 heavy (non-hydrogen) atoms. The Morgan fingerprint density at radius 3 is 2.88 bits per heavy atom. The van der Waals surface area contributed by atoms with Gasteiger partial charge in [0.05, 0.1) is 11.1 Å². The molecule has 138 valence electrons. The van der Waals surface area contributed by atoms with E-state index in [-0.39, 0.29) is 5.91 Å². The number of nitrogens with one attached hydrogen (secondary N) is 1. The van der Waals surface area contributed by atoms with Crippen LogP contribution in [0.1, 0.15) is 55.2 Å². The van der Waals surface area contributed by atoms with Gasteiger partial charge in [-0.15, -0.1) is 0 Å². The summed E-state index contributed by atoms with van der Waals surface area (Å²) in [6.45, 7) is 6.36. The molecule has 0 bridgehead atoms. The van der Waals surface area contributed by atoms with Gasteiger partial charge in [-0.1, -0.05) is 32.0 Å². The van der Waals surface area contributed by atoms with E-state index in [1.165, 1.54) is 0 Å². The fourth-order valence-corrected chi connectivity index (χ4v) is 3.46. The number of pyridine rings is 1. The zero-order chi connectivity index (χ0) is 18.7. The molecule has 0 saturated carbocycles. The van der Waals surface area contributed by atoms with Crippen molar-refractivity contribution in [2.45, 2.75) is 52.6 Å². The Kier molecular flexibility index (Phi) is 5.55. The van der Waals surface area contributed by atoms with Crippen molar-refractivity contribution in [1.29, 1.82) is 0 Å². The van der Waals surface area contributed by atoms with Gasteiger partial charge in [0.15, 0.2) is 6.10 Å². The predicted molar refractivity (Wildman–Crippen MR) is 101 cm³/mol. The third kappa shape index (κ3) is 3.71. The van der Waals surface area contributed by atoms with Crippen molar-refractivity contribution in [2.75, 3.05) is 6.54 Å². The fourth-order valence-electron chi connectivity index (χ4n) is 3.46. The summed E-state index contributed by atoms with van der Waals surface area (Å²) in [4.78, 5) is 29.8. The van der Waals surface area contributed by atoms with Crippen molar-refractivity contribution in [3.05, 3.63) is 41.1 Å². The number of para-hydroxylation sites is 1. The van der Waals surface area contributed by atoms with Gasteiger partial charge in [0.25, 0.3) is 5.91 Å². The number of aryl methyl sites for hydroxylation is 1. The Balaban J connectivity index is 1.96. The number of hydrogen-bond acceptors (Lipinski definition) is 4. The number of amides is 1. The van der Waals surface area contributed by atoms with Crippen LogP contribution < -0.4 is 5.32 Å². The molecule has 5 nitrogen and oxygen atoms in total. The SMILES string of the molecule is CCCNC(=O)[C@H](C)OC(=O)c1c2c(nc3ccccc13)CC[C@@H](C)C2. The summed E-state index contributed by atoms with van der Waals surface area (Å²) >= 11 is 0. The molecule has 2 aromatic rings. The molecule has 0 saturated heterocycles. The van der Waals surface area contributed by atoms with Crippen LogP contribution in [0.4, 0.5) is 0 Å². The van der Waals surface area contributed by atoms with E-state index in [4.69, 9.17) is 9.72 Å². The van der Waals surface area contributed by atoms with E-state index in [1.54, 1.807) is 6.92 Å². The molecule has 1 aromatic heterocycles. The third-order valence-electron chi connectivity index (χ3n) is 4.91. The summed E-state index contributed by atoms with van der Waals surface area (Å²) < 4.78 is 5.53. The lowest BCUT2D eigenvalue weighted by Gasteiger charge is -2.24. The predicted octanol–water partition coefficient (Wildman–Crippen LogP) is 3.43. The first kappa shape index (κ1) is 18.4. The zero-order valence-electron chi connectivity index (χ0n) is 15.7. The molecule has 2 atom stereocenters. The van der Waals surface area contributed by atoms with E-state index in [0.717, 1.165) is 47.8 Å². The molecule has 1 N–H and O–H groups in total. The number of aromatic nitrogens is 1. The van der Waals surface area contributed by atoms with Crippen molar-refractivity contribution in [1.82, 2.24) is 10.3 Å². The topological polar surface area (TPSA) is 68.3 Å². The molecule has 0 fully saturated rings. The molecule has 1 aliphatic rings. The Bertz CT molecular complexity index is 831. The molecule has 0 radical (unpaired) electrons. The van der Waals surface area contributed by atoms with Crippen LogP contribution in [0.3, 0.4) is 0 Å². The number of ether oxygens (including phenoxy) is 1. The molecule has 1 aliphatic carbocycles. The van der Waals surface area contributed by atoms with Crippen LogP contribution in [-0.4, -0.2) is 29.5 Å². The van der Waals surface area contributed by atoms with Crippen LogP contribution >= 0.6 is 0 Å². The second-order valence-corrected chi connectivity index (χ2v) is 7.12. The molecule has 0 unspecified atom stereocenters. The maximum absolute atomic E-state index is 13.0. The Morgan fingerprint density at radius 2 is 2.12 bits per heavy atom. The van der Waals surface area contributed by atoms with Gasteiger partial charge in [0.2, 0.25) is 0 Å². The second-order valence-electron chi connectivity index (χ2n) is 7.12. The lowest BCUT2D eigenvalue weighted by molar-refractivity contribution is -0.129. The van der Waals surface area contributed by atoms with E-state index in [9.17, 15) is 9.59 Å². The van der Waals surface area contributed by atoms with E-state index in [2.05, 4.69) is 12.2 Å². The molecule has 3 rings (SSSR count). The van der Waals surface area contributed by atoms with Crippen molar-refractivity contribution in [2.24, 2.45) is 5.92 Å². The average molecular weight is 354 g/mol. The number of hydrogen-bond donors (Lipinski definition) is 1. The minimum absolute atomic E-state index is 0.263. The number of nitrogens with zero attached hydrogens (tertiary/aromatic N) is 1. The number of benzene rings is 1. The fraction of sp³-hybridized carbons (Fsp3) is 0.476. The lowest BCUT2D eigenvalue weighted by Crippen LogP contribution is -2.36. The van der Waals surface area contributed by atoms with Crippen LogP contribution in [0.5, 0.6) is 0 Å². The highest BCUT2D eigenvalue weighted by atomic mass is 16.5. The quantitative estimate of drug-likeness (QED) is 0.835. The number of fused-ring (bicyclic) bond motifs is 2. The Labute approximate surface area is 154 Å². The van der Waals surface area contributed by atoms with E-state index >= 15 is 0 Å². The monoisotopic (exact) mass is 354 g/mol. The van der Waals surface area contributed by atoms with Gasteiger partial charge < -0.3 is 10.1 Å². The molecular formula is C21H26N2O3. The molecule has 1 heterocycles. The minimum atomic E-state index is -0.822. The molecule has 5 heteroatoms. The first-order chi connectivity index (χ1) is 12.5. The van der Waals surface area contributed by atoms with Gasteiger partial charge in [0, 0.05) is 17.6 Å². The van der Waals surface area contributed by atoms with Crippen molar-refractivity contribution in [3.63, 3.8) is 0 Å². The van der Waals surface area contributed by atoms with Crippen LogP contribution in [0.2, 0.25) is 0 Å². The number of esters is 1. The van der Waals surface area contributed by atoms with Crippen LogP contribution in [0.15, 0.2) is 24.3 Å². The zero-order valence-corrected chi connectivity index (χ0v) is 15.7. The molecular weight excluding hydrogens is 328 g/mol. The standard InChI is InChI=1S/C21H26N2O3/c1-4-11-22-20(24)14(3)26-21(25)19-15-7-5-6-8-17(15)23-18-10-9-13(2)12-16(18)19/h5-8,13-14H,4,9-12H2,1-3H3,(H,22,24)/t13-,14+/m1/s1. The van der Waals surface area contributed by atoms with Crippen molar-refractivity contribution >= 4 is 22.8 Å². The molecule has 0 spiro atoms. The number of carbonyl (C=O) groups excluding carboxylic acids is 2. The van der Waals surface area contributed by atoms with Gasteiger partial charge in [-0.2, -0.15) is 0 Å². The summed E-state index contributed by atoms with van der Waals surface area (Å²) in [5.74, 6) is -0.198. The van der Waals surface area contributed by atoms with Gasteiger partial charge in [-0.05, 0) is 50.2 Å². The molecule has 1 amide bonds. The van der Waals surface area contributed by atoms with Crippen molar-refractivity contribution < 1.29 is 14.3 Å². The summed E-state index contributed by atoms with van der Waals surface area (Å²) in [5.41, 5.74) is 3.34. The van der Waals surface area contributed by atoms with Crippen LogP contribution in [0.25, 0.3) is 10.9 Å². The summed E-state index contributed by atoms with van der Waals surface area (Å²) in [7, 11) is 0. The van der Waals surface area contributed by atoms with Crippen LogP contribution in [-0.2, 0) is 22.4 Å². The first-order valence-electron chi connectivity index (χ1n) is 9.40.